The first-order valence-corrected chi connectivity index (χ1v) is 28.4. The van der Waals surface area contributed by atoms with E-state index in [-0.39, 0.29) is 31.1 Å². The number of unbranched alkanes of at least 4 members (excludes halogenated alkanes) is 28. The van der Waals surface area contributed by atoms with Crippen molar-refractivity contribution in [3.8, 4) is 0 Å². The number of hydrogen-bond acceptors (Lipinski definition) is 6. The molecule has 0 rings (SSSR count). The second-order valence-corrected chi connectivity index (χ2v) is 18.8. The average Bonchev–Trinajstić information content (AvgIpc) is 3.33. The number of carbonyl (C=O) groups is 3. The molecule has 1 unspecified atom stereocenters. The molecule has 0 aliphatic rings. The minimum Gasteiger partial charge on any atom is -0.462 e. The second-order valence-electron chi connectivity index (χ2n) is 18.8. The number of rotatable bonds is 51. The van der Waals surface area contributed by atoms with Crippen LogP contribution in [0.15, 0.2) is 72.9 Å². The first-order chi connectivity index (χ1) is 33.0. The maximum absolute atomic E-state index is 12.8. The third kappa shape index (κ3) is 53.7. The van der Waals surface area contributed by atoms with Gasteiger partial charge in [-0.15, -0.1) is 0 Å². The van der Waals surface area contributed by atoms with E-state index in [0.29, 0.717) is 19.3 Å². The number of hydrogen-bond donors (Lipinski definition) is 0. The minimum atomic E-state index is -0.782. The van der Waals surface area contributed by atoms with Gasteiger partial charge < -0.3 is 14.2 Å². The van der Waals surface area contributed by atoms with Gasteiger partial charge in [0.2, 0.25) is 0 Å². The molecule has 0 radical (unpaired) electrons. The zero-order valence-corrected chi connectivity index (χ0v) is 44.2. The Balaban J connectivity index is 4.30. The summed E-state index contributed by atoms with van der Waals surface area (Å²) in [5, 5.41) is 0. The van der Waals surface area contributed by atoms with Crippen molar-refractivity contribution in [3.63, 3.8) is 0 Å². The van der Waals surface area contributed by atoms with E-state index >= 15 is 0 Å². The van der Waals surface area contributed by atoms with E-state index in [1.807, 2.05) is 0 Å². The molecule has 0 aromatic rings. The molecule has 6 heteroatoms. The van der Waals surface area contributed by atoms with Crippen molar-refractivity contribution in [3.05, 3.63) is 72.9 Å². The number of esters is 3. The first-order valence-electron chi connectivity index (χ1n) is 28.4. The predicted octanol–water partition coefficient (Wildman–Crippen LogP) is 19.0. The van der Waals surface area contributed by atoms with E-state index in [0.717, 1.165) is 109 Å². The fourth-order valence-corrected chi connectivity index (χ4v) is 7.93. The van der Waals surface area contributed by atoms with Gasteiger partial charge in [-0.2, -0.15) is 0 Å². The Morgan fingerprint density at radius 1 is 0.313 bits per heavy atom. The highest BCUT2D eigenvalue weighted by atomic mass is 16.6. The van der Waals surface area contributed by atoms with Gasteiger partial charge in [-0.05, 0) is 89.9 Å². The van der Waals surface area contributed by atoms with Crippen molar-refractivity contribution < 1.29 is 28.6 Å². The molecule has 0 aliphatic carbocycles. The molecule has 0 amide bonds. The number of ether oxygens (including phenoxy) is 3. The third-order valence-electron chi connectivity index (χ3n) is 12.2. The molecule has 0 bridgehead atoms. The van der Waals surface area contributed by atoms with Gasteiger partial charge in [-0.3, -0.25) is 14.4 Å². The molecule has 0 saturated heterocycles. The molecule has 0 spiro atoms. The maximum Gasteiger partial charge on any atom is 0.306 e. The van der Waals surface area contributed by atoms with Crippen molar-refractivity contribution in [1.29, 1.82) is 0 Å². The Labute approximate surface area is 414 Å². The molecule has 0 aliphatic heterocycles. The summed E-state index contributed by atoms with van der Waals surface area (Å²) in [4.78, 5) is 38.1. The van der Waals surface area contributed by atoms with Gasteiger partial charge >= 0.3 is 17.9 Å². The zero-order chi connectivity index (χ0) is 48.6. The lowest BCUT2D eigenvalue weighted by Crippen LogP contribution is -2.30. The minimum absolute atomic E-state index is 0.0802. The van der Waals surface area contributed by atoms with E-state index in [4.69, 9.17) is 14.2 Å². The summed E-state index contributed by atoms with van der Waals surface area (Å²) in [5.74, 6) is -0.893. The molecule has 0 saturated carbocycles. The van der Waals surface area contributed by atoms with Crippen LogP contribution < -0.4 is 0 Å². The van der Waals surface area contributed by atoms with Gasteiger partial charge in [0, 0.05) is 19.3 Å². The molecular formula is C61H106O6. The largest absolute Gasteiger partial charge is 0.462 e. The molecule has 0 heterocycles. The number of allylic oxidation sites excluding steroid dienone is 12. The van der Waals surface area contributed by atoms with Crippen LogP contribution in [0.25, 0.3) is 0 Å². The molecule has 0 N–H and O–H groups in total. The lowest BCUT2D eigenvalue weighted by atomic mass is 10.1. The van der Waals surface area contributed by atoms with E-state index in [1.54, 1.807) is 0 Å². The first kappa shape index (κ1) is 63.8. The van der Waals surface area contributed by atoms with Gasteiger partial charge in [0.05, 0.1) is 0 Å². The van der Waals surface area contributed by atoms with E-state index < -0.39 is 6.10 Å². The highest BCUT2D eigenvalue weighted by Crippen LogP contribution is 2.15. The van der Waals surface area contributed by atoms with Crippen molar-refractivity contribution in [2.45, 2.75) is 284 Å². The lowest BCUT2D eigenvalue weighted by Gasteiger charge is -2.18. The van der Waals surface area contributed by atoms with Gasteiger partial charge in [0.25, 0.3) is 0 Å². The van der Waals surface area contributed by atoms with E-state index in [9.17, 15) is 14.4 Å². The Hall–Kier alpha value is -3.15. The summed E-state index contributed by atoms with van der Waals surface area (Å²) < 4.78 is 16.8. The van der Waals surface area contributed by atoms with Gasteiger partial charge in [0.15, 0.2) is 6.10 Å². The molecule has 0 aromatic heterocycles. The Morgan fingerprint density at radius 2 is 0.582 bits per heavy atom. The summed E-state index contributed by atoms with van der Waals surface area (Å²) >= 11 is 0. The number of carbonyl (C=O) groups excluding carboxylic acids is 3. The Morgan fingerprint density at radius 3 is 0.925 bits per heavy atom. The summed E-state index contributed by atoms with van der Waals surface area (Å²) in [7, 11) is 0. The fourth-order valence-electron chi connectivity index (χ4n) is 7.93. The molecule has 6 nitrogen and oxygen atoms in total. The van der Waals surface area contributed by atoms with Crippen molar-refractivity contribution in [2.24, 2.45) is 0 Å². The monoisotopic (exact) mass is 935 g/mol. The van der Waals surface area contributed by atoms with Crippen molar-refractivity contribution in [1.82, 2.24) is 0 Å². The molecule has 67 heavy (non-hydrogen) atoms. The Bertz CT molecular complexity index is 1260. The summed E-state index contributed by atoms with van der Waals surface area (Å²) in [5.41, 5.74) is 0. The predicted molar refractivity (Wildman–Crippen MR) is 288 cm³/mol. The van der Waals surface area contributed by atoms with Crippen LogP contribution in [0, 0.1) is 0 Å². The molecule has 0 fully saturated rings. The highest BCUT2D eigenvalue weighted by molar-refractivity contribution is 5.71. The normalized spacial score (nSPS) is 12.6. The lowest BCUT2D eigenvalue weighted by molar-refractivity contribution is -0.167. The quantitative estimate of drug-likeness (QED) is 0.0262. The second kappa shape index (κ2) is 55.4. The van der Waals surface area contributed by atoms with Gasteiger partial charge in [-0.25, -0.2) is 0 Å². The maximum atomic E-state index is 12.8. The fraction of sp³-hybridized carbons (Fsp3) is 0.754. The van der Waals surface area contributed by atoms with E-state index in [1.165, 1.54) is 128 Å². The van der Waals surface area contributed by atoms with Crippen LogP contribution in [0.2, 0.25) is 0 Å². The molecule has 1 atom stereocenters. The van der Waals surface area contributed by atoms with Gasteiger partial charge in [0.1, 0.15) is 13.2 Å². The van der Waals surface area contributed by atoms with Crippen LogP contribution in [0.1, 0.15) is 278 Å². The van der Waals surface area contributed by atoms with Crippen LogP contribution in [0.5, 0.6) is 0 Å². The third-order valence-corrected chi connectivity index (χ3v) is 12.2. The molecule has 386 valence electrons. The van der Waals surface area contributed by atoms with Crippen molar-refractivity contribution >= 4 is 17.9 Å². The average molecular weight is 936 g/mol. The topological polar surface area (TPSA) is 78.9 Å². The standard InChI is InChI=1S/C61H106O6/c1-4-7-10-13-16-19-22-24-26-28-29-30-31-32-33-34-36-37-39-42-45-48-51-54-60(63)66-57-58(56-65-59(62)53-50-47-44-41-21-18-15-12-9-6-3)67-61(64)55-52-49-46-43-40-38-35-27-25-23-20-17-14-11-8-5-2/h7,10,16,19-20,23-24,26-27,29-30,35,58H,4-6,8-9,11-15,17-18,21-22,25,28,31-34,36-57H2,1-3H3/b10-7-,19-16-,23-20-,26-24-,30-29-,35-27-. The SMILES string of the molecule is CC/C=C\C/C=C\C/C=C\C/C=C\CCCCCCCCCCCCC(=O)OCC(COC(=O)CCCCCCCCCCCC)OC(=O)CCCCCCC/C=C\C/C=C\CCCCCC. The highest BCUT2D eigenvalue weighted by Gasteiger charge is 2.19. The van der Waals surface area contributed by atoms with Crippen LogP contribution in [0.3, 0.4) is 0 Å². The van der Waals surface area contributed by atoms with Gasteiger partial charge in [-0.1, -0.05) is 241 Å². The smallest absolute Gasteiger partial charge is 0.306 e. The zero-order valence-electron chi connectivity index (χ0n) is 44.2. The molecule has 0 aromatic carbocycles. The van der Waals surface area contributed by atoms with Crippen LogP contribution in [-0.2, 0) is 28.6 Å². The van der Waals surface area contributed by atoms with Crippen LogP contribution in [-0.4, -0.2) is 37.2 Å². The van der Waals surface area contributed by atoms with E-state index in [2.05, 4.69) is 93.7 Å². The molecular weight excluding hydrogens is 829 g/mol. The Kier molecular flexibility index (Phi) is 52.8. The summed E-state index contributed by atoms with van der Waals surface area (Å²) in [6.07, 6.45) is 70.4. The summed E-state index contributed by atoms with van der Waals surface area (Å²) in [6, 6.07) is 0. The van der Waals surface area contributed by atoms with Crippen molar-refractivity contribution in [2.75, 3.05) is 13.2 Å². The van der Waals surface area contributed by atoms with Crippen LogP contribution in [0.4, 0.5) is 0 Å². The summed E-state index contributed by atoms with van der Waals surface area (Å²) in [6.45, 7) is 6.50. The van der Waals surface area contributed by atoms with Crippen LogP contribution >= 0.6 is 0 Å².